The maximum absolute atomic E-state index is 10.8. The molecule has 0 unspecified atom stereocenters. The zero-order valence-corrected chi connectivity index (χ0v) is 17.3. The highest BCUT2D eigenvalue weighted by Crippen LogP contribution is 2.40. The topological polar surface area (TPSA) is 68.1 Å². The van der Waals surface area contributed by atoms with Gasteiger partial charge in [-0.25, -0.2) is 15.0 Å². The number of nitrogens with zero attached hydrogens (tertiary/aromatic N) is 3. The number of hydrogen-bond donors (Lipinski definition) is 1. The summed E-state index contributed by atoms with van der Waals surface area (Å²) in [6.07, 6.45) is 2.56. The first-order chi connectivity index (χ1) is 14.1. The Morgan fingerprint density at radius 2 is 1.86 bits per heavy atom. The first-order valence-corrected chi connectivity index (χ1v) is 10.2. The molecule has 0 aliphatic rings. The van der Waals surface area contributed by atoms with Gasteiger partial charge in [0.1, 0.15) is 11.5 Å². The molecule has 0 radical (unpaired) electrons. The molecule has 4 rings (SSSR count). The number of aromatic hydroxyl groups is 1. The quantitative estimate of drug-likeness (QED) is 0.475. The van der Waals surface area contributed by atoms with Gasteiger partial charge in [-0.1, -0.05) is 37.3 Å². The van der Waals surface area contributed by atoms with Crippen LogP contribution in [-0.4, -0.2) is 27.2 Å². The van der Waals surface area contributed by atoms with Gasteiger partial charge >= 0.3 is 0 Å². The molecule has 0 atom stereocenters. The smallest absolute Gasteiger partial charge is 0.159 e. The molecular formula is C23H21N3O2S. The second kappa shape index (κ2) is 8.01. The molecule has 6 heteroatoms. The third-order valence-electron chi connectivity index (χ3n) is 4.75. The SMILES string of the molecule is CCc1cc(-c2nc(-c3ccccc3)ncc2-c2csc(C)n2)c(O)cc1OC. The van der Waals surface area contributed by atoms with E-state index in [2.05, 4.69) is 16.9 Å². The van der Waals surface area contributed by atoms with Gasteiger partial charge in [-0.15, -0.1) is 11.3 Å². The molecular weight excluding hydrogens is 382 g/mol. The molecule has 29 heavy (non-hydrogen) atoms. The van der Waals surface area contributed by atoms with Crippen LogP contribution < -0.4 is 4.74 Å². The summed E-state index contributed by atoms with van der Waals surface area (Å²) in [4.78, 5) is 14.0. The van der Waals surface area contributed by atoms with Gasteiger partial charge in [-0.2, -0.15) is 0 Å². The van der Waals surface area contributed by atoms with Gasteiger partial charge in [0.15, 0.2) is 5.82 Å². The van der Waals surface area contributed by atoms with Crippen LogP contribution in [0, 0.1) is 6.92 Å². The van der Waals surface area contributed by atoms with E-state index in [9.17, 15) is 5.11 Å². The minimum atomic E-state index is 0.116. The Morgan fingerprint density at radius 1 is 1.07 bits per heavy atom. The highest BCUT2D eigenvalue weighted by Gasteiger charge is 2.19. The van der Waals surface area contributed by atoms with E-state index in [1.165, 1.54) is 0 Å². The Bertz CT molecular complexity index is 1160. The lowest BCUT2D eigenvalue weighted by atomic mass is 9.99. The summed E-state index contributed by atoms with van der Waals surface area (Å²) >= 11 is 1.57. The number of rotatable bonds is 5. The van der Waals surface area contributed by atoms with Gasteiger partial charge in [-0.05, 0) is 25.0 Å². The second-order valence-electron chi connectivity index (χ2n) is 6.61. The zero-order chi connectivity index (χ0) is 20.4. The molecule has 0 fully saturated rings. The lowest BCUT2D eigenvalue weighted by Gasteiger charge is -2.14. The third-order valence-corrected chi connectivity index (χ3v) is 5.52. The van der Waals surface area contributed by atoms with Crippen molar-refractivity contribution in [1.29, 1.82) is 0 Å². The van der Waals surface area contributed by atoms with E-state index in [4.69, 9.17) is 9.72 Å². The van der Waals surface area contributed by atoms with E-state index in [1.54, 1.807) is 30.7 Å². The lowest BCUT2D eigenvalue weighted by molar-refractivity contribution is 0.403. The Balaban J connectivity index is 1.97. The number of ether oxygens (including phenoxy) is 1. The Labute approximate surface area is 173 Å². The van der Waals surface area contributed by atoms with Gasteiger partial charge in [0, 0.05) is 34.3 Å². The maximum Gasteiger partial charge on any atom is 0.159 e. The molecule has 1 N–H and O–H groups in total. The molecule has 2 aromatic carbocycles. The Morgan fingerprint density at radius 3 is 2.52 bits per heavy atom. The maximum atomic E-state index is 10.8. The lowest BCUT2D eigenvalue weighted by Crippen LogP contribution is -1.98. The van der Waals surface area contributed by atoms with Gasteiger partial charge < -0.3 is 9.84 Å². The number of aromatic nitrogens is 3. The summed E-state index contributed by atoms with van der Waals surface area (Å²) in [5.74, 6) is 1.38. The summed E-state index contributed by atoms with van der Waals surface area (Å²) in [7, 11) is 1.61. The van der Waals surface area contributed by atoms with Crippen LogP contribution in [0.4, 0.5) is 0 Å². The van der Waals surface area contributed by atoms with Crippen molar-refractivity contribution in [3.8, 4) is 45.4 Å². The molecule has 0 saturated carbocycles. The molecule has 0 aliphatic heterocycles. The average molecular weight is 404 g/mol. The fourth-order valence-electron chi connectivity index (χ4n) is 3.26. The third kappa shape index (κ3) is 3.71. The van der Waals surface area contributed by atoms with Crippen molar-refractivity contribution in [3.05, 3.63) is 64.6 Å². The molecule has 0 bridgehead atoms. The van der Waals surface area contributed by atoms with E-state index in [0.29, 0.717) is 22.8 Å². The van der Waals surface area contributed by atoms with Gasteiger partial charge in [0.2, 0.25) is 0 Å². The van der Waals surface area contributed by atoms with Crippen LogP contribution in [0.15, 0.2) is 54.0 Å². The highest BCUT2D eigenvalue weighted by atomic mass is 32.1. The van der Waals surface area contributed by atoms with Crippen LogP contribution in [0.1, 0.15) is 17.5 Å². The number of phenols is 1. The normalized spacial score (nSPS) is 10.9. The predicted molar refractivity (Wildman–Crippen MR) is 116 cm³/mol. The Kier molecular flexibility index (Phi) is 5.27. The van der Waals surface area contributed by atoms with Crippen molar-refractivity contribution in [2.75, 3.05) is 7.11 Å². The minimum Gasteiger partial charge on any atom is -0.507 e. The van der Waals surface area contributed by atoms with Crippen molar-refractivity contribution in [2.24, 2.45) is 0 Å². The highest BCUT2D eigenvalue weighted by molar-refractivity contribution is 7.09. The standard InChI is InChI=1S/C23H21N3O2S/c1-4-15-10-17(20(27)11-21(15)28-3)22-18(19-13-29-14(2)25-19)12-24-23(26-22)16-8-6-5-7-9-16/h5-13,27H,4H2,1-3H3. The molecule has 0 spiro atoms. The fraction of sp³-hybridized carbons (Fsp3) is 0.174. The first kappa shape index (κ1) is 19.1. The molecule has 2 aromatic heterocycles. The van der Waals surface area contributed by atoms with Crippen molar-refractivity contribution >= 4 is 11.3 Å². The monoisotopic (exact) mass is 403 g/mol. The molecule has 0 amide bonds. The van der Waals surface area contributed by atoms with E-state index in [1.807, 2.05) is 48.7 Å². The molecule has 0 saturated heterocycles. The number of aryl methyl sites for hydroxylation is 2. The van der Waals surface area contributed by atoms with Crippen LogP contribution in [0.3, 0.4) is 0 Å². The summed E-state index contributed by atoms with van der Waals surface area (Å²) < 4.78 is 5.42. The van der Waals surface area contributed by atoms with E-state index in [-0.39, 0.29) is 5.75 Å². The second-order valence-corrected chi connectivity index (χ2v) is 7.67. The van der Waals surface area contributed by atoms with Crippen LogP contribution in [-0.2, 0) is 6.42 Å². The zero-order valence-electron chi connectivity index (χ0n) is 16.5. The Hall–Kier alpha value is -3.25. The van der Waals surface area contributed by atoms with Crippen LogP contribution in [0.5, 0.6) is 11.5 Å². The van der Waals surface area contributed by atoms with Crippen molar-refractivity contribution in [1.82, 2.24) is 15.0 Å². The van der Waals surface area contributed by atoms with Crippen LogP contribution >= 0.6 is 11.3 Å². The van der Waals surface area contributed by atoms with Crippen LogP contribution in [0.2, 0.25) is 0 Å². The van der Waals surface area contributed by atoms with E-state index < -0.39 is 0 Å². The fourth-order valence-corrected chi connectivity index (χ4v) is 3.87. The molecule has 0 aliphatic carbocycles. The molecule has 2 heterocycles. The summed E-state index contributed by atoms with van der Waals surface area (Å²) in [6.45, 7) is 4.02. The van der Waals surface area contributed by atoms with E-state index >= 15 is 0 Å². The molecule has 5 nitrogen and oxygen atoms in total. The number of phenolic OH excluding ortho intramolecular Hbond substituents is 1. The molecule has 4 aromatic rings. The van der Waals surface area contributed by atoms with Crippen molar-refractivity contribution < 1.29 is 9.84 Å². The largest absolute Gasteiger partial charge is 0.507 e. The summed E-state index contributed by atoms with van der Waals surface area (Å²) in [5.41, 5.74) is 4.80. The summed E-state index contributed by atoms with van der Waals surface area (Å²) in [5, 5.41) is 13.7. The number of methoxy groups -OCH3 is 1. The molecule has 146 valence electrons. The minimum absolute atomic E-state index is 0.116. The van der Waals surface area contributed by atoms with E-state index in [0.717, 1.165) is 33.8 Å². The van der Waals surface area contributed by atoms with Gasteiger partial charge in [0.25, 0.3) is 0 Å². The van der Waals surface area contributed by atoms with Gasteiger partial charge in [-0.3, -0.25) is 0 Å². The number of benzene rings is 2. The van der Waals surface area contributed by atoms with Gasteiger partial charge in [0.05, 0.1) is 23.5 Å². The average Bonchev–Trinajstić information content (AvgIpc) is 3.19. The van der Waals surface area contributed by atoms with Crippen molar-refractivity contribution in [2.45, 2.75) is 20.3 Å². The number of thiazole rings is 1. The predicted octanol–water partition coefficient (Wildman–Crippen LogP) is 5.52. The number of hydrogen-bond acceptors (Lipinski definition) is 6. The van der Waals surface area contributed by atoms with Crippen molar-refractivity contribution in [3.63, 3.8) is 0 Å². The first-order valence-electron chi connectivity index (χ1n) is 9.36. The van der Waals surface area contributed by atoms with Crippen LogP contribution in [0.25, 0.3) is 33.9 Å². The summed E-state index contributed by atoms with van der Waals surface area (Å²) in [6, 6.07) is 13.4.